The van der Waals surface area contributed by atoms with Crippen LogP contribution in [0.25, 0.3) is 0 Å². The Morgan fingerprint density at radius 3 is 2.88 bits per heavy atom. The van der Waals surface area contributed by atoms with E-state index in [2.05, 4.69) is 9.97 Å². The van der Waals surface area contributed by atoms with Gasteiger partial charge in [0.15, 0.2) is 0 Å². The molecule has 4 nitrogen and oxygen atoms in total. The molecular formula is C12H10N2O2S. The Morgan fingerprint density at radius 2 is 2.18 bits per heavy atom. The summed E-state index contributed by atoms with van der Waals surface area (Å²) in [4.78, 5) is 19.7. The number of carbonyl (C=O) groups is 1. The zero-order valence-corrected chi connectivity index (χ0v) is 9.94. The van der Waals surface area contributed by atoms with Crippen LogP contribution in [0.15, 0.2) is 46.5 Å². The van der Waals surface area contributed by atoms with Crippen molar-refractivity contribution in [3.05, 3.63) is 47.9 Å². The van der Waals surface area contributed by atoms with Crippen molar-refractivity contribution in [2.45, 2.75) is 16.8 Å². The normalized spacial score (nSPS) is 10.2. The number of carboxylic acid groups (broad SMARTS) is 1. The Labute approximate surface area is 103 Å². The molecule has 2 aromatic rings. The molecule has 0 fully saturated rings. The first-order valence-corrected chi connectivity index (χ1v) is 5.77. The highest BCUT2D eigenvalue weighted by atomic mass is 32.2. The van der Waals surface area contributed by atoms with Gasteiger partial charge in [-0.15, -0.1) is 0 Å². The van der Waals surface area contributed by atoms with Crippen LogP contribution in [-0.4, -0.2) is 21.0 Å². The topological polar surface area (TPSA) is 63.1 Å². The van der Waals surface area contributed by atoms with E-state index in [0.29, 0.717) is 0 Å². The predicted octanol–water partition coefficient (Wildman–Crippen LogP) is 2.63. The summed E-state index contributed by atoms with van der Waals surface area (Å²) >= 11 is 1.42. The third kappa shape index (κ3) is 3.04. The Kier molecular flexibility index (Phi) is 3.39. The third-order valence-electron chi connectivity index (χ3n) is 2.04. The molecule has 1 N–H and O–H groups in total. The summed E-state index contributed by atoms with van der Waals surface area (Å²) in [5.41, 5.74) is 0.977. The van der Waals surface area contributed by atoms with Crippen LogP contribution in [0.4, 0.5) is 0 Å². The van der Waals surface area contributed by atoms with E-state index >= 15 is 0 Å². The molecule has 0 aliphatic heterocycles. The van der Waals surface area contributed by atoms with Gasteiger partial charge in [-0.05, 0) is 31.2 Å². The van der Waals surface area contributed by atoms with Gasteiger partial charge in [-0.3, -0.25) is 0 Å². The molecule has 0 aliphatic rings. The zero-order chi connectivity index (χ0) is 12.3. The lowest BCUT2D eigenvalue weighted by Gasteiger charge is -2.02. The van der Waals surface area contributed by atoms with Crippen LogP contribution in [0, 0.1) is 6.92 Å². The van der Waals surface area contributed by atoms with Crippen LogP contribution in [0.1, 0.15) is 16.2 Å². The first kappa shape index (κ1) is 11.6. The average Bonchev–Trinajstić information content (AvgIpc) is 2.29. The highest BCUT2D eigenvalue weighted by Crippen LogP contribution is 2.25. The van der Waals surface area contributed by atoms with Crippen molar-refractivity contribution < 1.29 is 9.90 Å². The molecule has 0 spiro atoms. The first-order chi connectivity index (χ1) is 8.15. The van der Waals surface area contributed by atoms with E-state index in [1.54, 1.807) is 6.07 Å². The largest absolute Gasteiger partial charge is 0.477 e. The van der Waals surface area contributed by atoms with Crippen molar-refractivity contribution in [2.75, 3.05) is 0 Å². The number of rotatable bonds is 3. The Balaban J connectivity index is 2.24. The van der Waals surface area contributed by atoms with E-state index in [9.17, 15) is 4.79 Å². The highest BCUT2D eigenvalue weighted by molar-refractivity contribution is 7.99. The molecule has 0 aliphatic carbocycles. The SMILES string of the molecule is Cc1cccc(Sc2ccnc(C(=O)O)c2)n1. The number of nitrogens with zero attached hydrogens (tertiary/aromatic N) is 2. The average molecular weight is 246 g/mol. The van der Waals surface area contributed by atoms with Crippen molar-refractivity contribution in [3.8, 4) is 0 Å². The van der Waals surface area contributed by atoms with Gasteiger partial charge in [0.05, 0.1) is 0 Å². The summed E-state index contributed by atoms with van der Waals surface area (Å²) in [6, 6.07) is 9.03. The Morgan fingerprint density at radius 1 is 1.35 bits per heavy atom. The Hall–Kier alpha value is -1.88. The summed E-state index contributed by atoms with van der Waals surface area (Å²) in [7, 11) is 0. The minimum atomic E-state index is -1.02. The fourth-order valence-corrected chi connectivity index (χ4v) is 2.16. The quantitative estimate of drug-likeness (QED) is 0.902. The lowest BCUT2D eigenvalue weighted by molar-refractivity contribution is 0.0690. The summed E-state index contributed by atoms with van der Waals surface area (Å²) < 4.78 is 0. The van der Waals surface area contributed by atoms with Crippen molar-refractivity contribution in [1.29, 1.82) is 0 Å². The maximum Gasteiger partial charge on any atom is 0.354 e. The second-order valence-corrected chi connectivity index (χ2v) is 4.50. The van der Waals surface area contributed by atoms with E-state index in [-0.39, 0.29) is 5.69 Å². The zero-order valence-electron chi connectivity index (χ0n) is 9.12. The van der Waals surface area contributed by atoms with Gasteiger partial charge in [0.25, 0.3) is 0 Å². The van der Waals surface area contributed by atoms with E-state index in [1.165, 1.54) is 24.0 Å². The van der Waals surface area contributed by atoms with Gasteiger partial charge >= 0.3 is 5.97 Å². The number of carboxylic acids is 1. The van der Waals surface area contributed by atoms with E-state index in [0.717, 1.165) is 15.6 Å². The summed E-state index contributed by atoms with van der Waals surface area (Å²) in [5, 5.41) is 9.67. The summed E-state index contributed by atoms with van der Waals surface area (Å²) in [6.07, 6.45) is 1.49. The van der Waals surface area contributed by atoms with Crippen molar-refractivity contribution >= 4 is 17.7 Å². The number of pyridine rings is 2. The fourth-order valence-electron chi connectivity index (χ4n) is 1.29. The number of hydrogen-bond donors (Lipinski definition) is 1. The van der Waals surface area contributed by atoms with Gasteiger partial charge in [0.1, 0.15) is 10.7 Å². The second-order valence-electron chi connectivity index (χ2n) is 3.40. The van der Waals surface area contributed by atoms with Crippen molar-refractivity contribution in [3.63, 3.8) is 0 Å². The maximum absolute atomic E-state index is 10.8. The molecule has 17 heavy (non-hydrogen) atoms. The monoisotopic (exact) mass is 246 g/mol. The van der Waals surface area contributed by atoms with Gasteiger partial charge in [-0.2, -0.15) is 0 Å². The minimum absolute atomic E-state index is 0.0441. The number of aryl methyl sites for hydroxylation is 1. The van der Waals surface area contributed by atoms with Crippen LogP contribution in [-0.2, 0) is 0 Å². The van der Waals surface area contributed by atoms with Crippen molar-refractivity contribution in [2.24, 2.45) is 0 Å². The molecule has 86 valence electrons. The molecule has 5 heteroatoms. The molecule has 0 saturated carbocycles. The molecule has 0 aromatic carbocycles. The highest BCUT2D eigenvalue weighted by Gasteiger charge is 2.06. The summed E-state index contributed by atoms with van der Waals surface area (Å²) in [5.74, 6) is -1.02. The molecule has 2 heterocycles. The van der Waals surface area contributed by atoms with E-state index in [4.69, 9.17) is 5.11 Å². The first-order valence-electron chi connectivity index (χ1n) is 4.96. The van der Waals surface area contributed by atoms with Gasteiger partial charge in [-0.25, -0.2) is 14.8 Å². The maximum atomic E-state index is 10.8. The third-order valence-corrected chi connectivity index (χ3v) is 2.96. The van der Waals surface area contributed by atoms with E-state index in [1.807, 2.05) is 25.1 Å². The molecule has 2 aromatic heterocycles. The molecular weight excluding hydrogens is 236 g/mol. The van der Waals surface area contributed by atoms with Crippen LogP contribution in [0.5, 0.6) is 0 Å². The molecule has 0 atom stereocenters. The van der Waals surface area contributed by atoms with Crippen LogP contribution >= 0.6 is 11.8 Å². The fraction of sp³-hybridized carbons (Fsp3) is 0.0833. The predicted molar refractivity (Wildman–Crippen MR) is 64.3 cm³/mol. The van der Waals surface area contributed by atoms with Crippen molar-refractivity contribution in [1.82, 2.24) is 9.97 Å². The number of aromatic nitrogens is 2. The van der Waals surface area contributed by atoms with Gasteiger partial charge in [0.2, 0.25) is 0 Å². The van der Waals surface area contributed by atoms with Gasteiger partial charge in [0, 0.05) is 16.8 Å². The smallest absolute Gasteiger partial charge is 0.354 e. The molecule has 0 amide bonds. The van der Waals surface area contributed by atoms with E-state index < -0.39 is 5.97 Å². The van der Waals surface area contributed by atoms with Crippen LogP contribution in [0.2, 0.25) is 0 Å². The second kappa shape index (κ2) is 4.97. The minimum Gasteiger partial charge on any atom is -0.477 e. The van der Waals surface area contributed by atoms with Gasteiger partial charge in [-0.1, -0.05) is 17.8 Å². The molecule has 0 unspecified atom stereocenters. The molecule has 2 rings (SSSR count). The molecule has 0 saturated heterocycles. The number of hydrogen-bond acceptors (Lipinski definition) is 4. The number of aromatic carboxylic acids is 1. The lowest BCUT2D eigenvalue weighted by atomic mass is 10.3. The van der Waals surface area contributed by atoms with Crippen LogP contribution < -0.4 is 0 Å². The van der Waals surface area contributed by atoms with Crippen LogP contribution in [0.3, 0.4) is 0 Å². The standard InChI is InChI=1S/C12H10N2O2S/c1-8-3-2-4-11(14-8)17-9-5-6-13-10(7-9)12(15)16/h2-7H,1H3,(H,15,16). The summed E-state index contributed by atoms with van der Waals surface area (Å²) in [6.45, 7) is 1.92. The van der Waals surface area contributed by atoms with Gasteiger partial charge < -0.3 is 5.11 Å². The lowest BCUT2D eigenvalue weighted by Crippen LogP contribution is -1.99. The Bertz CT molecular complexity index is 558. The molecule has 0 bridgehead atoms. The molecule has 0 radical (unpaired) electrons.